The van der Waals surface area contributed by atoms with Gasteiger partial charge < -0.3 is 9.09 Å². The first kappa shape index (κ1) is 14.6. The second-order valence-electron chi connectivity index (χ2n) is 5.27. The molecule has 0 radical (unpaired) electrons. The van der Waals surface area contributed by atoms with Gasteiger partial charge in [-0.1, -0.05) is 30.6 Å². The SMILES string of the molecule is CC(C)c1ncc(Cl)c(-c2nc(Cc3cncn3C)no2)n1. The van der Waals surface area contributed by atoms with Crippen LogP contribution in [-0.2, 0) is 13.5 Å². The molecule has 0 aliphatic rings. The van der Waals surface area contributed by atoms with E-state index in [-0.39, 0.29) is 5.92 Å². The molecule has 0 saturated carbocycles. The van der Waals surface area contributed by atoms with Gasteiger partial charge in [0.05, 0.1) is 24.0 Å². The fourth-order valence-electron chi connectivity index (χ4n) is 1.95. The minimum atomic E-state index is 0.188. The van der Waals surface area contributed by atoms with Crippen molar-refractivity contribution >= 4 is 11.6 Å². The lowest BCUT2D eigenvalue weighted by Gasteiger charge is -2.04. The minimum absolute atomic E-state index is 0.188. The standard InChI is InChI=1S/C14H15ClN6O/c1-8(2)13-17-6-10(15)12(19-13)14-18-11(20-22-14)4-9-5-16-7-21(9)3/h5-8H,4H2,1-3H3. The minimum Gasteiger partial charge on any atom is -0.337 e. The van der Waals surface area contributed by atoms with E-state index in [1.54, 1.807) is 18.7 Å². The molecule has 3 aromatic rings. The first-order valence-electron chi connectivity index (χ1n) is 6.85. The van der Waals surface area contributed by atoms with Gasteiger partial charge in [0.25, 0.3) is 5.89 Å². The van der Waals surface area contributed by atoms with Crippen LogP contribution in [0.2, 0.25) is 5.02 Å². The number of imidazole rings is 1. The third kappa shape index (κ3) is 2.85. The van der Waals surface area contributed by atoms with Gasteiger partial charge in [0.1, 0.15) is 5.82 Å². The molecule has 0 N–H and O–H groups in total. The highest BCUT2D eigenvalue weighted by atomic mass is 35.5. The van der Waals surface area contributed by atoms with Gasteiger partial charge in [-0.3, -0.25) is 0 Å². The van der Waals surface area contributed by atoms with Crippen LogP contribution in [0.5, 0.6) is 0 Å². The van der Waals surface area contributed by atoms with Crippen molar-refractivity contribution in [3.05, 3.63) is 41.1 Å². The summed E-state index contributed by atoms with van der Waals surface area (Å²) in [6.45, 7) is 4.02. The van der Waals surface area contributed by atoms with Crippen LogP contribution in [0.1, 0.15) is 37.1 Å². The van der Waals surface area contributed by atoms with Gasteiger partial charge in [-0.25, -0.2) is 15.0 Å². The molecule has 0 spiro atoms. The van der Waals surface area contributed by atoms with E-state index in [1.165, 1.54) is 0 Å². The highest BCUT2D eigenvalue weighted by Gasteiger charge is 2.17. The van der Waals surface area contributed by atoms with Gasteiger partial charge in [-0.05, 0) is 0 Å². The molecular weight excluding hydrogens is 304 g/mol. The third-order valence-electron chi connectivity index (χ3n) is 3.21. The van der Waals surface area contributed by atoms with Crippen LogP contribution in [-0.4, -0.2) is 29.7 Å². The lowest BCUT2D eigenvalue weighted by atomic mass is 10.2. The van der Waals surface area contributed by atoms with Gasteiger partial charge in [0, 0.05) is 24.9 Å². The zero-order valence-electron chi connectivity index (χ0n) is 12.5. The number of aromatic nitrogens is 6. The summed E-state index contributed by atoms with van der Waals surface area (Å²) < 4.78 is 7.20. The maximum atomic E-state index is 6.15. The highest BCUT2D eigenvalue weighted by Crippen LogP contribution is 2.25. The maximum absolute atomic E-state index is 6.15. The van der Waals surface area contributed by atoms with Crippen molar-refractivity contribution < 1.29 is 4.52 Å². The number of nitrogens with zero attached hydrogens (tertiary/aromatic N) is 6. The molecule has 0 saturated heterocycles. The molecule has 7 nitrogen and oxygen atoms in total. The first-order chi connectivity index (χ1) is 10.5. The Hall–Kier alpha value is -2.28. The zero-order valence-corrected chi connectivity index (χ0v) is 13.2. The second kappa shape index (κ2) is 5.84. The number of halogens is 1. The summed E-state index contributed by atoms with van der Waals surface area (Å²) in [5, 5.41) is 4.37. The van der Waals surface area contributed by atoms with Crippen LogP contribution in [0, 0.1) is 0 Å². The van der Waals surface area contributed by atoms with E-state index < -0.39 is 0 Å². The van der Waals surface area contributed by atoms with E-state index in [2.05, 4.69) is 25.1 Å². The Labute approximate surface area is 132 Å². The van der Waals surface area contributed by atoms with Gasteiger partial charge in [-0.15, -0.1) is 0 Å². The van der Waals surface area contributed by atoms with Crippen LogP contribution in [0.15, 0.2) is 23.2 Å². The van der Waals surface area contributed by atoms with Crippen LogP contribution in [0.25, 0.3) is 11.6 Å². The van der Waals surface area contributed by atoms with Crippen molar-refractivity contribution in [2.24, 2.45) is 7.05 Å². The van der Waals surface area contributed by atoms with E-state index in [0.717, 1.165) is 5.69 Å². The molecule has 3 aromatic heterocycles. The summed E-state index contributed by atoms with van der Waals surface area (Å²) >= 11 is 6.15. The monoisotopic (exact) mass is 318 g/mol. The predicted molar refractivity (Wildman–Crippen MR) is 80.4 cm³/mol. The average Bonchev–Trinajstić information content (AvgIpc) is 3.10. The van der Waals surface area contributed by atoms with Crippen LogP contribution in [0.3, 0.4) is 0 Å². The smallest absolute Gasteiger partial charge is 0.278 e. The van der Waals surface area contributed by atoms with Crippen molar-refractivity contribution in [3.8, 4) is 11.6 Å². The molecule has 8 heteroatoms. The van der Waals surface area contributed by atoms with Gasteiger partial charge in [0.2, 0.25) is 0 Å². The summed E-state index contributed by atoms with van der Waals surface area (Å²) in [5.41, 5.74) is 1.45. The van der Waals surface area contributed by atoms with Gasteiger partial charge in [-0.2, -0.15) is 4.98 Å². The van der Waals surface area contributed by atoms with Crippen molar-refractivity contribution in [1.29, 1.82) is 0 Å². The van der Waals surface area contributed by atoms with Gasteiger partial charge >= 0.3 is 0 Å². The van der Waals surface area contributed by atoms with Crippen LogP contribution >= 0.6 is 11.6 Å². The molecular formula is C14H15ClN6O. The predicted octanol–water partition coefficient (Wildman–Crippen LogP) is 2.63. The first-order valence-corrected chi connectivity index (χ1v) is 7.23. The maximum Gasteiger partial charge on any atom is 0.278 e. The molecule has 0 unspecified atom stereocenters. The van der Waals surface area contributed by atoms with E-state index >= 15 is 0 Å². The van der Waals surface area contributed by atoms with E-state index in [1.807, 2.05) is 25.5 Å². The summed E-state index contributed by atoms with van der Waals surface area (Å²) in [5.74, 6) is 1.73. The quantitative estimate of drug-likeness (QED) is 0.735. The molecule has 0 aliphatic carbocycles. The normalized spacial score (nSPS) is 11.3. The molecule has 0 aromatic carbocycles. The highest BCUT2D eigenvalue weighted by molar-refractivity contribution is 6.32. The largest absolute Gasteiger partial charge is 0.337 e. The second-order valence-corrected chi connectivity index (χ2v) is 5.68. The van der Waals surface area contributed by atoms with E-state index in [4.69, 9.17) is 16.1 Å². The molecule has 3 rings (SSSR count). The molecule has 0 aliphatic heterocycles. The van der Waals surface area contributed by atoms with Gasteiger partial charge in [0.15, 0.2) is 11.5 Å². The van der Waals surface area contributed by atoms with Crippen LogP contribution in [0.4, 0.5) is 0 Å². The van der Waals surface area contributed by atoms with Crippen LogP contribution < -0.4 is 0 Å². The van der Waals surface area contributed by atoms with E-state index in [0.29, 0.717) is 34.7 Å². The molecule has 0 bridgehead atoms. The van der Waals surface area contributed by atoms with Crippen molar-refractivity contribution in [3.63, 3.8) is 0 Å². The van der Waals surface area contributed by atoms with Crippen molar-refractivity contribution in [1.82, 2.24) is 29.7 Å². The Morgan fingerprint density at radius 2 is 2.09 bits per heavy atom. The van der Waals surface area contributed by atoms with Crippen molar-refractivity contribution in [2.75, 3.05) is 0 Å². The lowest BCUT2D eigenvalue weighted by Crippen LogP contribution is -2.00. The van der Waals surface area contributed by atoms with Crippen molar-refractivity contribution in [2.45, 2.75) is 26.2 Å². The Kier molecular flexibility index (Phi) is 3.89. The lowest BCUT2D eigenvalue weighted by molar-refractivity contribution is 0.422. The molecule has 114 valence electrons. The fourth-order valence-corrected chi connectivity index (χ4v) is 2.12. The number of hydrogen-bond donors (Lipinski definition) is 0. The number of aryl methyl sites for hydroxylation is 1. The zero-order chi connectivity index (χ0) is 15.7. The molecule has 0 amide bonds. The van der Waals surface area contributed by atoms with E-state index in [9.17, 15) is 0 Å². The number of hydrogen-bond acceptors (Lipinski definition) is 6. The topological polar surface area (TPSA) is 82.5 Å². The number of rotatable bonds is 4. The summed E-state index contributed by atoms with van der Waals surface area (Å²) in [7, 11) is 1.92. The average molecular weight is 319 g/mol. The molecule has 3 heterocycles. The summed E-state index contributed by atoms with van der Waals surface area (Å²) in [6.07, 6.45) is 5.58. The molecule has 0 fully saturated rings. The summed E-state index contributed by atoms with van der Waals surface area (Å²) in [4.78, 5) is 17.0. The Balaban J connectivity index is 1.90. The summed E-state index contributed by atoms with van der Waals surface area (Å²) in [6, 6.07) is 0. The Bertz CT molecular complexity index is 794. The third-order valence-corrected chi connectivity index (χ3v) is 3.48. The molecule has 0 atom stereocenters. The molecule has 22 heavy (non-hydrogen) atoms. The Morgan fingerprint density at radius 1 is 1.27 bits per heavy atom. The Morgan fingerprint density at radius 3 is 2.77 bits per heavy atom. The fraction of sp³-hybridized carbons (Fsp3) is 0.357.